The fourth-order valence-electron chi connectivity index (χ4n) is 4.52. The van der Waals surface area contributed by atoms with Crippen LogP contribution in [-0.4, -0.2) is 46.2 Å². The van der Waals surface area contributed by atoms with Gasteiger partial charge in [0.2, 0.25) is 0 Å². The number of aliphatic hydroxyl groups excluding tert-OH is 3. The van der Waals surface area contributed by atoms with Crippen molar-refractivity contribution in [1.82, 2.24) is 0 Å². The van der Waals surface area contributed by atoms with Crippen molar-refractivity contribution in [2.45, 2.75) is 95.9 Å². The first-order chi connectivity index (χ1) is 16.5. The highest BCUT2D eigenvalue weighted by atomic mass is 16.5. The van der Waals surface area contributed by atoms with E-state index in [1.165, 1.54) is 5.56 Å². The average Bonchev–Trinajstić information content (AvgIpc) is 3.10. The van der Waals surface area contributed by atoms with E-state index in [2.05, 4.69) is 19.1 Å². The molecular weight excluding hydrogens is 428 g/mol. The van der Waals surface area contributed by atoms with Crippen molar-refractivity contribution in [2.24, 2.45) is 11.8 Å². The van der Waals surface area contributed by atoms with Crippen molar-refractivity contribution >= 4 is 5.97 Å². The number of unbranched alkanes of at least 4 members (excludes halogenated alkanes) is 3. The molecule has 1 saturated carbocycles. The number of aliphatic hydroxyl groups is 3. The van der Waals surface area contributed by atoms with E-state index in [4.69, 9.17) is 4.74 Å². The first kappa shape index (κ1) is 28.3. The molecule has 190 valence electrons. The summed E-state index contributed by atoms with van der Waals surface area (Å²) in [6.45, 7) is 2.57. The molecule has 1 aliphatic carbocycles. The molecule has 1 fully saturated rings. The third kappa shape index (κ3) is 11.0. The molecule has 0 bridgehead atoms. The number of aryl methyl sites for hydroxylation is 1. The molecule has 1 aliphatic rings. The molecule has 0 amide bonds. The van der Waals surface area contributed by atoms with Crippen LogP contribution in [-0.2, 0) is 16.0 Å². The molecule has 0 saturated heterocycles. The van der Waals surface area contributed by atoms with Gasteiger partial charge in [-0.05, 0) is 56.4 Å². The van der Waals surface area contributed by atoms with Crippen LogP contribution in [0.25, 0.3) is 0 Å². The van der Waals surface area contributed by atoms with Crippen LogP contribution in [0.2, 0.25) is 0 Å². The van der Waals surface area contributed by atoms with Crippen LogP contribution in [0.5, 0.6) is 0 Å². The van der Waals surface area contributed by atoms with Crippen molar-refractivity contribution in [1.29, 1.82) is 0 Å². The van der Waals surface area contributed by atoms with Gasteiger partial charge in [-0.3, -0.25) is 4.79 Å². The van der Waals surface area contributed by atoms with E-state index in [-0.39, 0.29) is 17.8 Å². The normalized spacial score (nSPS) is 23.6. The molecule has 2 unspecified atom stereocenters. The third-order valence-corrected chi connectivity index (χ3v) is 6.62. The number of rotatable bonds is 16. The molecular formula is C29H44O5. The van der Waals surface area contributed by atoms with E-state index in [0.717, 1.165) is 44.9 Å². The summed E-state index contributed by atoms with van der Waals surface area (Å²) in [5, 5.41) is 31.2. The maximum atomic E-state index is 11.6. The van der Waals surface area contributed by atoms with Gasteiger partial charge in [0, 0.05) is 18.8 Å². The molecule has 5 heteroatoms. The number of esters is 1. The quantitative estimate of drug-likeness (QED) is 0.176. The monoisotopic (exact) mass is 472 g/mol. The van der Waals surface area contributed by atoms with Crippen LogP contribution in [0, 0.1) is 11.8 Å². The molecule has 1 aromatic rings. The number of hydrogen-bond donors (Lipinski definition) is 3. The molecule has 0 aromatic heterocycles. The molecule has 0 radical (unpaired) electrons. The van der Waals surface area contributed by atoms with Gasteiger partial charge in [0.15, 0.2) is 0 Å². The standard InChI is InChI=1S/C29H44O5/c1-2-3-21-34-29(33)18-10-5-4-9-17-25-26(28(32)22-27(25)31)20-19-24(30)16-12-11-15-23-13-7-6-8-14-23/h4,6-9,13-14,19-20,24-28,30-32H,2-3,5,10-12,15-18,21-22H2,1H3/b9-4-,20-19+/t24-,25?,26?,27-,28+/m0/s1. The van der Waals surface area contributed by atoms with Crippen molar-refractivity contribution < 1.29 is 24.9 Å². The van der Waals surface area contributed by atoms with Crippen LogP contribution >= 0.6 is 0 Å². The Balaban J connectivity index is 1.68. The topological polar surface area (TPSA) is 87.0 Å². The highest BCUT2D eigenvalue weighted by Crippen LogP contribution is 2.36. The molecule has 34 heavy (non-hydrogen) atoms. The van der Waals surface area contributed by atoms with Gasteiger partial charge < -0.3 is 20.1 Å². The van der Waals surface area contributed by atoms with E-state index < -0.39 is 18.3 Å². The Labute approximate surface area is 205 Å². The number of ether oxygens (including phenoxy) is 1. The second-order valence-corrected chi connectivity index (χ2v) is 9.47. The summed E-state index contributed by atoms with van der Waals surface area (Å²) in [4.78, 5) is 11.6. The van der Waals surface area contributed by atoms with Crippen molar-refractivity contribution in [3.63, 3.8) is 0 Å². The average molecular weight is 473 g/mol. The smallest absolute Gasteiger partial charge is 0.305 e. The largest absolute Gasteiger partial charge is 0.466 e. The van der Waals surface area contributed by atoms with E-state index >= 15 is 0 Å². The Morgan fingerprint density at radius 2 is 1.88 bits per heavy atom. The molecule has 0 heterocycles. The number of hydrogen-bond acceptors (Lipinski definition) is 5. The fraction of sp³-hybridized carbons (Fsp3) is 0.621. The predicted molar refractivity (Wildman–Crippen MR) is 136 cm³/mol. The minimum atomic E-state index is -0.590. The summed E-state index contributed by atoms with van der Waals surface area (Å²) >= 11 is 0. The van der Waals surface area contributed by atoms with Gasteiger partial charge in [-0.15, -0.1) is 0 Å². The highest BCUT2D eigenvalue weighted by molar-refractivity contribution is 5.69. The van der Waals surface area contributed by atoms with Gasteiger partial charge in [0.25, 0.3) is 0 Å². The lowest BCUT2D eigenvalue weighted by molar-refractivity contribution is -0.143. The van der Waals surface area contributed by atoms with Crippen LogP contribution in [0.1, 0.15) is 76.7 Å². The third-order valence-electron chi connectivity index (χ3n) is 6.62. The Hall–Kier alpha value is -1.95. The van der Waals surface area contributed by atoms with Crippen molar-refractivity contribution in [3.8, 4) is 0 Å². The van der Waals surface area contributed by atoms with Gasteiger partial charge in [0.1, 0.15) is 0 Å². The summed E-state index contributed by atoms with van der Waals surface area (Å²) in [5.41, 5.74) is 1.32. The zero-order valence-corrected chi connectivity index (χ0v) is 20.7. The lowest BCUT2D eigenvalue weighted by atomic mass is 9.89. The molecule has 5 nitrogen and oxygen atoms in total. The van der Waals surface area contributed by atoms with E-state index in [1.807, 2.05) is 36.4 Å². The molecule has 1 aromatic carbocycles. The zero-order chi connectivity index (χ0) is 24.6. The summed E-state index contributed by atoms with van der Waals surface area (Å²) in [7, 11) is 0. The summed E-state index contributed by atoms with van der Waals surface area (Å²) < 4.78 is 5.16. The molecule has 0 spiro atoms. The highest BCUT2D eigenvalue weighted by Gasteiger charge is 2.39. The number of carbonyl (C=O) groups is 1. The summed E-state index contributed by atoms with van der Waals surface area (Å²) in [6.07, 6.45) is 14.7. The minimum Gasteiger partial charge on any atom is -0.466 e. The number of benzene rings is 1. The fourth-order valence-corrected chi connectivity index (χ4v) is 4.52. The maximum Gasteiger partial charge on any atom is 0.305 e. The van der Waals surface area contributed by atoms with E-state index in [9.17, 15) is 20.1 Å². The van der Waals surface area contributed by atoms with E-state index in [0.29, 0.717) is 32.3 Å². The molecule has 0 aliphatic heterocycles. The Kier molecular flexibility index (Phi) is 13.8. The van der Waals surface area contributed by atoms with Gasteiger partial charge in [-0.2, -0.15) is 0 Å². The Morgan fingerprint density at radius 1 is 1.09 bits per heavy atom. The summed E-state index contributed by atoms with van der Waals surface area (Å²) in [6, 6.07) is 10.4. The number of allylic oxidation sites excluding steroid dienone is 2. The minimum absolute atomic E-state index is 0.0632. The molecule has 5 atom stereocenters. The summed E-state index contributed by atoms with van der Waals surface area (Å²) in [5.74, 6) is -0.362. The second-order valence-electron chi connectivity index (χ2n) is 9.47. The number of carbonyl (C=O) groups excluding carboxylic acids is 1. The lowest BCUT2D eigenvalue weighted by Crippen LogP contribution is -2.20. The van der Waals surface area contributed by atoms with Crippen molar-refractivity contribution in [3.05, 3.63) is 60.2 Å². The van der Waals surface area contributed by atoms with Gasteiger partial charge >= 0.3 is 5.97 Å². The second kappa shape index (κ2) is 16.6. The Bertz CT molecular complexity index is 729. The first-order valence-electron chi connectivity index (χ1n) is 13.1. The van der Waals surface area contributed by atoms with Gasteiger partial charge in [-0.1, -0.05) is 74.4 Å². The molecule has 3 N–H and O–H groups in total. The Morgan fingerprint density at radius 3 is 2.65 bits per heavy atom. The van der Waals surface area contributed by atoms with Crippen LogP contribution in [0.3, 0.4) is 0 Å². The van der Waals surface area contributed by atoms with Crippen molar-refractivity contribution in [2.75, 3.05) is 6.61 Å². The van der Waals surface area contributed by atoms with Crippen LogP contribution in [0.15, 0.2) is 54.6 Å². The van der Waals surface area contributed by atoms with E-state index in [1.54, 1.807) is 6.08 Å². The maximum absolute atomic E-state index is 11.6. The van der Waals surface area contributed by atoms with Gasteiger partial charge in [0.05, 0.1) is 24.9 Å². The van der Waals surface area contributed by atoms with Crippen LogP contribution < -0.4 is 0 Å². The first-order valence-corrected chi connectivity index (χ1v) is 13.1. The van der Waals surface area contributed by atoms with Crippen LogP contribution in [0.4, 0.5) is 0 Å². The lowest BCUT2D eigenvalue weighted by Gasteiger charge is -2.19. The zero-order valence-electron chi connectivity index (χ0n) is 20.7. The predicted octanol–water partition coefficient (Wildman–Crippen LogP) is 5.13. The molecule has 2 rings (SSSR count). The van der Waals surface area contributed by atoms with Gasteiger partial charge in [-0.25, -0.2) is 0 Å². The SMILES string of the molecule is CCCCOC(=O)CCC/C=C\CC1C(/C=C/[C@@H](O)CCCCc2ccccc2)[C@H](O)C[C@@H]1O.